The van der Waals surface area contributed by atoms with Gasteiger partial charge in [0, 0.05) is 13.0 Å². The predicted molar refractivity (Wildman–Crippen MR) is 128 cm³/mol. The van der Waals surface area contributed by atoms with E-state index in [9.17, 15) is 28.8 Å². The Morgan fingerprint density at radius 2 is 1.32 bits per heavy atom. The van der Waals surface area contributed by atoms with Gasteiger partial charge >= 0.3 is 11.9 Å². The van der Waals surface area contributed by atoms with Gasteiger partial charge in [0.05, 0.1) is 6.61 Å². The summed E-state index contributed by atoms with van der Waals surface area (Å²) in [6.45, 7) is 1.98. The zero-order valence-electron chi connectivity index (χ0n) is 20.6. The Bertz CT molecular complexity index is 854. The van der Waals surface area contributed by atoms with Gasteiger partial charge in [-0.2, -0.15) is 0 Å². The Kier molecular flexibility index (Phi) is 14.8. The van der Waals surface area contributed by atoms with Crippen LogP contribution >= 0.6 is 0 Å². The summed E-state index contributed by atoms with van der Waals surface area (Å²) < 4.78 is 0. The second-order valence-electron chi connectivity index (χ2n) is 8.13. The fourth-order valence-corrected chi connectivity index (χ4v) is 2.75. The van der Waals surface area contributed by atoms with Crippen LogP contribution in [-0.4, -0.2) is 100 Å². The average Bonchev–Trinajstić information content (AvgIpc) is 2.81. The highest BCUT2D eigenvalue weighted by Crippen LogP contribution is 2.03. The summed E-state index contributed by atoms with van der Waals surface area (Å²) >= 11 is 0. The van der Waals surface area contributed by atoms with Crippen molar-refractivity contribution in [3.05, 3.63) is 0 Å². The molecule has 5 atom stereocenters. The molecule has 0 saturated heterocycles. The number of carbonyl (C=O) groups excluding carboxylic acids is 4. The quantitative estimate of drug-likeness (QED) is 0.0480. The van der Waals surface area contributed by atoms with Crippen molar-refractivity contribution in [2.75, 3.05) is 13.2 Å². The van der Waals surface area contributed by atoms with Gasteiger partial charge in [0.15, 0.2) is 5.96 Å². The van der Waals surface area contributed by atoms with E-state index >= 15 is 0 Å². The Morgan fingerprint density at radius 1 is 0.811 bits per heavy atom. The van der Waals surface area contributed by atoms with E-state index in [1.807, 2.05) is 0 Å². The van der Waals surface area contributed by atoms with E-state index in [2.05, 4.69) is 26.6 Å². The van der Waals surface area contributed by atoms with Crippen molar-refractivity contribution >= 4 is 41.5 Å². The Hall–Kier alpha value is -3.99. The van der Waals surface area contributed by atoms with Crippen LogP contribution in [0.1, 0.15) is 39.5 Å². The second kappa shape index (κ2) is 16.6. The van der Waals surface area contributed by atoms with Gasteiger partial charge < -0.3 is 53.4 Å². The SMILES string of the molecule is C[C@H](NC(=O)[C@H](CCCNC(=N)N)NC(=O)[C@H](C)NC(=O)[C@H](CCC(=O)O)NC(=O)[C@@H](N)CO)C(=O)O. The molecule has 0 unspecified atom stereocenters. The van der Waals surface area contributed by atoms with E-state index in [0.717, 1.165) is 0 Å². The van der Waals surface area contributed by atoms with Crippen LogP contribution in [0.3, 0.4) is 0 Å². The molecule has 0 rings (SSSR count). The molecule has 4 amide bonds. The minimum absolute atomic E-state index is 0.0290. The maximum atomic E-state index is 12.7. The number of guanidine groups is 1. The maximum absolute atomic E-state index is 12.7. The monoisotopic (exact) mass is 532 g/mol. The molecule has 210 valence electrons. The minimum Gasteiger partial charge on any atom is -0.481 e. The molecule has 0 saturated carbocycles. The largest absolute Gasteiger partial charge is 0.481 e. The molecule has 17 heteroatoms. The number of amides is 4. The summed E-state index contributed by atoms with van der Waals surface area (Å²) in [5.74, 6) is -6.28. The Balaban J connectivity index is 5.35. The summed E-state index contributed by atoms with van der Waals surface area (Å²) in [5.41, 5.74) is 10.6. The zero-order chi connectivity index (χ0) is 28.7. The summed E-state index contributed by atoms with van der Waals surface area (Å²) in [6, 6.07) is -6.45. The lowest BCUT2D eigenvalue weighted by Gasteiger charge is -2.24. The molecule has 13 N–H and O–H groups in total. The minimum atomic E-state index is -1.38. The van der Waals surface area contributed by atoms with E-state index < -0.39 is 78.8 Å². The second-order valence-corrected chi connectivity index (χ2v) is 8.13. The third-order valence-corrected chi connectivity index (χ3v) is 4.91. The molecule has 0 radical (unpaired) electrons. The van der Waals surface area contributed by atoms with Gasteiger partial charge in [0.25, 0.3) is 0 Å². The van der Waals surface area contributed by atoms with Crippen LogP contribution in [0, 0.1) is 5.41 Å². The predicted octanol–water partition coefficient (Wildman–Crippen LogP) is -4.50. The number of carbonyl (C=O) groups is 6. The van der Waals surface area contributed by atoms with Crippen molar-refractivity contribution in [1.82, 2.24) is 26.6 Å². The molecular weight excluding hydrogens is 496 g/mol. The zero-order valence-corrected chi connectivity index (χ0v) is 20.6. The van der Waals surface area contributed by atoms with Crippen molar-refractivity contribution < 1.29 is 44.1 Å². The van der Waals surface area contributed by atoms with Crippen LogP contribution in [0.5, 0.6) is 0 Å². The first kappa shape index (κ1) is 33.0. The first-order chi connectivity index (χ1) is 17.2. The Labute approximate surface area is 212 Å². The van der Waals surface area contributed by atoms with Gasteiger partial charge in [-0.15, -0.1) is 0 Å². The summed E-state index contributed by atoms with van der Waals surface area (Å²) in [6.07, 6.45) is -0.540. The van der Waals surface area contributed by atoms with Crippen molar-refractivity contribution in [2.24, 2.45) is 11.5 Å². The highest BCUT2D eigenvalue weighted by molar-refractivity contribution is 5.95. The third-order valence-electron chi connectivity index (χ3n) is 4.91. The smallest absolute Gasteiger partial charge is 0.325 e. The molecule has 0 heterocycles. The van der Waals surface area contributed by atoms with Crippen LogP contribution in [0.25, 0.3) is 0 Å². The number of hydrogen-bond acceptors (Lipinski definition) is 9. The molecule has 0 bridgehead atoms. The number of carboxylic acid groups (broad SMARTS) is 2. The van der Waals surface area contributed by atoms with Gasteiger partial charge in [0.1, 0.15) is 30.2 Å². The summed E-state index contributed by atoms with van der Waals surface area (Å²) in [7, 11) is 0. The lowest BCUT2D eigenvalue weighted by molar-refractivity contribution is -0.142. The molecule has 0 aliphatic heterocycles. The van der Waals surface area contributed by atoms with Crippen molar-refractivity contribution in [2.45, 2.75) is 69.7 Å². The molecule has 0 fully saturated rings. The van der Waals surface area contributed by atoms with Crippen LogP contribution < -0.4 is 38.1 Å². The molecule has 0 aromatic heterocycles. The van der Waals surface area contributed by atoms with Crippen molar-refractivity contribution in [3.8, 4) is 0 Å². The third kappa shape index (κ3) is 13.6. The summed E-state index contributed by atoms with van der Waals surface area (Å²) in [4.78, 5) is 71.8. The van der Waals surface area contributed by atoms with Crippen LogP contribution in [-0.2, 0) is 28.8 Å². The summed E-state index contributed by atoms with van der Waals surface area (Å²) in [5, 5.41) is 45.7. The maximum Gasteiger partial charge on any atom is 0.325 e. The average molecular weight is 533 g/mol. The molecule has 0 aliphatic rings. The Morgan fingerprint density at radius 3 is 1.81 bits per heavy atom. The van der Waals surface area contributed by atoms with Crippen LogP contribution in [0.4, 0.5) is 0 Å². The van der Waals surface area contributed by atoms with E-state index in [1.165, 1.54) is 13.8 Å². The molecular formula is C20H36N8O9. The first-order valence-corrected chi connectivity index (χ1v) is 11.3. The molecule has 17 nitrogen and oxygen atoms in total. The van der Waals surface area contributed by atoms with Crippen LogP contribution in [0.15, 0.2) is 0 Å². The molecule has 37 heavy (non-hydrogen) atoms. The first-order valence-electron chi connectivity index (χ1n) is 11.3. The van der Waals surface area contributed by atoms with Crippen LogP contribution in [0.2, 0.25) is 0 Å². The van der Waals surface area contributed by atoms with E-state index in [0.29, 0.717) is 0 Å². The fourth-order valence-electron chi connectivity index (χ4n) is 2.75. The topological polar surface area (TPSA) is 299 Å². The molecule has 0 aromatic rings. The highest BCUT2D eigenvalue weighted by Gasteiger charge is 2.29. The fraction of sp³-hybridized carbons (Fsp3) is 0.650. The van der Waals surface area contributed by atoms with Crippen molar-refractivity contribution in [1.29, 1.82) is 5.41 Å². The van der Waals surface area contributed by atoms with E-state index in [-0.39, 0.29) is 31.8 Å². The number of carboxylic acids is 2. The van der Waals surface area contributed by atoms with E-state index in [1.54, 1.807) is 0 Å². The number of hydrogen-bond donors (Lipinski definition) is 11. The number of aliphatic hydroxyl groups excluding tert-OH is 1. The van der Waals surface area contributed by atoms with Gasteiger partial charge in [-0.3, -0.25) is 34.2 Å². The number of nitrogens with two attached hydrogens (primary N) is 2. The lowest BCUT2D eigenvalue weighted by Crippen LogP contribution is -2.57. The molecule has 0 aliphatic carbocycles. The number of rotatable bonds is 17. The van der Waals surface area contributed by atoms with Gasteiger partial charge in [-0.1, -0.05) is 0 Å². The van der Waals surface area contributed by atoms with Gasteiger partial charge in [-0.25, -0.2) is 0 Å². The van der Waals surface area contributed by atoms with Crippen molar-refractivity contribution in [3.63, 3.8) is 0 Å². The normalized spacial score (nSPS) is 14.6. The molecule has 0 spiro atoms. The standard InChI is InChI=1S/C20H36N8O9/c1-9(25-18(35)13(5-6-14(30)31)28-16(33)11(21)8-29)15(32)27-12(4-3-7-24-20(22)23)17(34)26-10(2)19(36)37/h9-13,29H,3-8,21H2,1-2H3,(H,25,35)(H,26,34)(H,27,32)(H,28,33)(H,30,31)(H,36,37)(H4,22,23,24)/t9-,10-,11-,12-,13-/m0/s1. The lowest BCUT2D eigenvalue weighted by atomic mass is 10.1. The van der Waals surface area contributed by atoms with Gasteiger partial charge in [0.2, 0.25) is 23.6 Å². The van der Waals surface area contributed by atoms with E-state index in [4.69, 9.17) is 32.2 Å². The molecule has 0 aromatic carbocycles. The van der Waals surface area contributed by atoms with Gasteiger partial charge in [-0.05, 0) is 33.1 Å². The number of aliphatic hydroxyl groups is 1. The number of aliphatic carboxylic acids is 2. The highest BCUT2D eigenvalue weighted by atomic mass is 16.4. The number of nitrogens with one attached hydrogen (secondary N) is 6.